The van der Waals surface area contributed by atoms with Crippen LogP contribution in [-0.2, 0) is 0 Å². The van der Waals surface area contributed by atoms with Gasteiger partial charge in [-0.05, 0) is 12.1 Å². The maximum atomic E-state index is 13.9. The zero-order valence-corrected chi connectivity index (χ0v) is 18.4. The minimum absolute atomic E-state index is 0.323. The summed E-state index contributed by atoms with van der Waals surface area (Å²) in [6, 6.07) is 2.92. The monoisotopic (exact) mass is 573 g/mol. The number of aromatic amines is 1. The highest BCUT2D eigenvalue weighted by Gasteiger charge is 2.40. The first-order valence-electron chi connectivity index (χ1n) is 9.90. The molecule has 4 nitrogen and oxygen atoms in total. The fourth-order valence-electron chi connectivity index (χ4n) is 2.60. The van der Waals surface area contributed by atoms with Gasteiger partial charge in [-0.1, -0.05) is 0 Å². The molecular formula is C22H8BF12NO3. The molecule has 1 N–H and O–H groups in total. The summed E-state index contributed by atoms with van der Waals surface area (Å²) < 4.78 is 176. The number of hydrogen-bond acceptors (Lipinski definition) is 3. The van der Waals surface area contributed by atoms with Gasteiger partial charge in [-0.25, -0.2) is 26.3 Å². The Balaban J connectivity index is 0.000000753. The lowest BCUT2D eigenvalue weighted by Crippen LogP contribution is -2.39. The largest absolute Gasteiger partial charge is 0.864 e. The third-order valence-electron chi connectivity index (χ3n) is 4.35. The van der Waals surface area contributed by atoms with Crippen LogP contribution in [0.1, 0.15) is 0 Å². The normalized spacial score (nSPS) is 10.6. The number of hydrogen-bond donors (Lipinski definition) is 1. The van der Waals surface area contributed by atoms with Crippen molar-refractivity contribution < 1.29 is 66.6 Å². The predicted octanol–water partition coefficient (Wildman–Crippen LogP) is 6.89. The van der Waals surface area contributed by atoms with Gasteiger partial charge in [0.05, 0.1) is 0 Å². The molecule has 39 heavy (non-hydrogen) atoms. The Morgan fingerprint density at radius 1 is 0.410 bits per heavy atom. The Hall–Kier alpha value is -4.44. The van der Waals surface area contributed by atoms with E-state index in [0.29, 0.717) is 0 Å². The fourth-order valence-corrected chi connectivity index (χ4v) is 2.60. The second kappa shape index (κ2) is 12.0. The van der Waals surface area contributed by atoms with Crippen LogP contribution < -0.4 is 14.0 Å². The van der Waals surface area contributed by atoms with Crippen LogP contribution >= 0.6 is 0 Å². The molecule has 0 saturated heterocycles. The molecule has 0 unspecified atom stereocenters. The summed E-state index contributed by atoms with van der Waals surface area (Å²) in [5.74, 6) is -33.3. The topological polar surface area (TPSA) is 43.5 Å². The van der Waals surface area contributed by atoms with Crippen LogP contribution in [0, 0.1) is 69.8 Å². The van der Waals surface area contributed by atoms with Gasteiger partial charge < -0.3 is 18.9 Å². The number of halogens is 12. The van der Waals surface area contributed by atoms with E-state index < -0.39 is 94.4 Å². The summed E-state index contributed by atoms with van der Waals surface area (Å²) >= 11 is 0. The number of H-pyrrole nitrogens is 1. The first kappa shape index (κ1) is 29.1. The SMILES string of the molecule is Fc1cc(F)c(F)c(OB(Oc2c(F)c(F)cc(F)c2F)Oc2c(F)c(F)cc(F)c2F)c1F.c1cc[nH]c1. The highest BCUT2D eigenvalue weighted by molar-refractivity contribution is 6.39. The van der Waals surface area contributed by atoms with Crippen LogP contribution in [0.15, 0.2) is 42.7 Å². The molecule has 0 aliphatic heterocycles. The Morgan fingerprint density at radius 3 is 0.821 bits per heavy atom. The average Bonchev–Trinajstić information content (AvgIpc) is 3.48. The van der Waals surface area contributed by atoms with Gasteiger partial charge >= 0.3 is 7.32 Å². The lowest BCUT2D eigenvalue weighted by molar-refractivity contribution is 0.255. The lowest BCUT2D eigenvalue weighted by Gasteiger charge is -2.19. The van der Waals surface area contributed by atoms with Crippen molar-refractivity contribution in [1.29, 1.82) is 0 Å². The highest BCUT2D eigenvalue weighted by Crippen LogP contribution is 2.32. The highest BCUT2D eigenvalue weighted by atomic mass is 19.2. The number of nitrogens with one attached hydrogen (secondary N) is 1. The number of rotatable bonds is 6. The van der Waals surface area contributed by atoms with Crippen LogP contribution in [0.5, 0.6) is 17.2 Å². The van der Waals surface area contributed by atoms with Crippen molar-refractivity contribution in [2.75, 3.05) is 0 Å². The number of aromatic nitrogens is 1. The maximum Gasteiger partial charge on any atom is 0.864 e. The maximum absolute atomic E-state index is 13.9. The van der Waals surface area contributed by atoms with E-state index in [1.165, 1.54) is 0 Å². The minimum atomic E-state index is -3.37. The second-order valence-electron chi connectivity index (χ2n) is 6.92. The lowest BCUT2D eigenvalue weighted by atomic mass is 10.1. The van der Waals surface area contributed by atoms with Crippen LogP contribution in [-0.4, -0.2) is 12.3 Å². The van der Waals surface area contributed by atoms with Crippen molar-refractivity contribution in [3.05, 3.63) is 113 Å². The van der Waals surface area contributed by atoms with Crippen LogP contribution in [0.25, 0.3) is 0 Å². The van der Waals surface area contributed by atoms with Crippen LogP contribution in [0.2, 0.25) is 0 Å². The zero-order chi connectivity index (χ0) is 29.0. The standard InChI is InChI=1S/C18H3BF12O3.C4H5N/c20-4-1-5(21)11(27)16(10(4)26)32-19(33-17-12(28)6(22)2-7(23)13(17)29)34-18-14(30)8(24)3-9(25)15(18)31;1-2-4-5-3-1/h1-3H;1-5H. The molecule has 4 rings (SSSR count). The Labute approximate surface area is 209 Å². The van der Waals surface area contributed by atoms with E-state index in [2.05, 4.69) is 18.9 Å². The first-order chi connectivity index (χ1) is 18.3. The molecule has 4 aromatic rings. The van der Waals surface area contributed by atoms with E-state index in [1.807, 2.05) is 24.5 Å². The Morgan fingerprint density at radius 2 is 0.641 bits per heavy atom. The summed E-state index contributed by atoms with van der Waals surface area (Å²) in [5.41, 5.74) is 0. The van der Waals surface area contributed by atoms with Crippen molar-refractivity contribution in [2.45, 2.75) is 0 Å². The van der Waals surface area contributed by atoms with Gasteiger partial charge in [0.25, 0.3) is 0 Å². The van der Waals surface area contributed by atoms with Crippen molar-refractivity contribution in [3.63, 3.8) is 0 Å². The third kappa shape index (κ3) is 6.35. The molecule has 206 valence electrons. The smallest absolute Gasteiger partial charge is 0.484 e. The molecule has 0 radical (unpaired) electrons. The van der Waals surface area contributed by atoms with Gasteiger partial charge in [0.2, 0.25) is 34.9 Å². The predicted molar refractivity (Wildman–Crippen MR) is 107 cm³/mol. The quantitative estimate of drug-likeness (QED) is 0.155. The van der Waals surface area contributed by atoms with E-state index in [-0.39, 0.29) is 18.2 Å². The Kier molecular flexibility index (Phi) is 8.93. The molecule has 0 atom stereocenters. The van der Waals surface area contributed by atoms with Gasteiger partial charge in [0.15, 0.2) is 52.2 Å². The minimum Gasteiger partial charge on any atom is -0.484 e. The molecule has 17 heteroatoms. The van der Waals surface area contributed by atoms with E-state index in [1.54, 1.807) is 0 Å². The summed E-state index contributed by atoms with van der Waals surface area (Å²) in [5, 5.41) is 0. The molecule has 3 aromatic carbocycles. The molecular weight excluding hydrogens is 565 g/mol. The van der Waals surface area contributed by atoms with Gasteiger partial charge in [0.1, 0.15) is 0 Å². The van der Waals surface area contributed by atoms with E-state index in [0.717, 1.165) is 0 Å². The zero-order valence-electron chi connectivity index (χ0n) is 18.4. The Bertz CT molecular complexity index is 1240. The van der Waals surface area contributed by atoms with Crippen LogP contribution in [0.4, 0.5) is 52.7 Å². The van der Waals surface area contributed by atoms with Crippen molar-refractivity contribution >= 4 is 7.32 Å². The number of benzene rings is 3. The van der Waals surface area contributed by atoms with E-state index in [9.17, 15) is 52.7 Å². The molecule has 0 aliphatic carbocycles. The summed E-state index contributed by atoms with van der Waals surface area (Å²) in [6.45, 7) is 0. The summed E-state index contributed by atoms with van der Waals surface area (Å²) in [6.07, 6.45) is 3.75. The molecule has 1 aromatic heterocycles. The third-order valence-corrected chi connectivity index (χ3v) is 4.35. The van der Waals surface area contributed by atoms with Gasteiger partial charge in [-0.2, -0.15) is 26.3 Å². The van der Waals surface area contributed by atoms with Gasteiger partial charge in [-0.15, -0.1) is 0 Å². The first-order valence-corrected chi connectivity index (χ1v) is 9.90. The summed E-state index contributed by atoms with van der Waals surface area (Å²) in [7, 11) is -3.37. The molecule has 0 aliphatic rings. The second-order valence-corrected chi connectivity index (χ2v) is 6.92. The van der Waals surface area contributed by atoms with Gasteiger partial charge in [-0.3, -0.25) is 0 Å². The van der Waals surface area contributed by atoms with Crippen LogP contribution in [0.3, 0.4) is 0 Å². The van der Waals surface area contributed by atoms with Crippen molar-refractivity contribution in [1.82, 2.24) is 4.98 Å². The molecule has 0 amide bonds. The molecule has 0 saturated carbocycles. The molecule has 0 fully saturated rings. The fraction of sp³-hybridized carbons (Fsp3) is 0. The summed E-state index contributed by atoms with van der Waals surface area (Å²) in [4.78, 5) is 2.86. The van der Waals surface area contributed by atoms with Crippen molar-refractivity contribution in [3.8, 4) is 17.2 Å². The van der Waals surface area contributed by atoms with E-state index >= 15 is 0 Å². The molecule has 0 spiro atoms. The average molecular weight is 573 g/mol. The van der Waals surface area contributed by atoms with E-state index in [4.69, 9.17) is 0 Å². The molecule has 1 heterocycles. The van der Waals surface area contributed by atoms with Crippen molar-refractivity contribution in [2.24, 2.45) is 0 Å². The molecule has 0 bridgehead atoms. The van der Waals surface area contributed by atoms with Gasteiger partial charge in [0, 0.05) is 30.6 Å².